The van der Waals surface area contributed by atoms with E-state index in [9.17, 15) is 19.8 Å². The first kappa shape index (κ1) is 14.5. The second-order valence-corrected chi connectivity index (χ2v) is 3.13. The quantitative estimate of drug-likeness (QED) is 0.304. The summed E-state index contributed by atoms with van der Waals surface area (Å²) in [5.41, 5.74) is -0.0690. The van der Waals surface area contributed by atoms with Gasteiger partial charge in [-0.1, -0.05) is 13.2 Å². The van der Waals surface area contributed by atoms with Gasteiger partial charge in [-0.05, 0) is 13.0 Å². The van der Waals surface area contributed by atoms with Crippen LogP contribution < -0.4 is 0 Å². The van der Waals surface area contributed by atoms with Gasteiger partial charge >= 0.3 is 11.8 Å². The molecule has 0 aliphatic rings. The smallest absolute Gasteiger partial charge is 0.336 e. The fraction of sp³-hybridized carbons (Fsp3) is 0.400. The number of aliphatic hydroxyl groups excluding tert-OH is 2. The van der Waals surface area contributed by atoms with Crippen molar-refractivity contribution in [2.24, 2.45) is 0 Å². The Morgan fingerprint density at radius 3 is 2.38 bits per heavy atom. The molecule has 3 N–H and O–H groups in total. The molecule has 2 atom stereocenters. The highest BCUT2D eigenvalue weighted by atomic mass is 16.7. The van der Waals surface area contributed by atoms with Crippen LogP contribution in [-0.4, -0.2) is 45.6 Å². The third-order valence-corrected chi connectivity index (χ3v) is 1.76. The molecular weight excluding hydrogens is 216 g/mol. The Hall–Kier alpha value is -1.50. The average molecular weight is 230 g/mol. The highest BCUT2D eigenvalue weighted by Gasteiger charge is 2.45. The lowest BCUT2D eigenvalue weighted by atomic mass is 10.1. The van der Waals surface area contributed by atoms with Gasteiger partial charge in [-0.3, -0.25) is 4.79 Å². The third kappa shape index (κ3) is 2.99. The van der Waals surface area contributed by atoms with Crippen molar-refractivity contribution in [3.05, 3.63) is 24.8 Å². The van der Waals surface area contributed by atoms with Crippen molar-refractivity contribution in [3.8, 4) is 0 Å². The predicted molar refractivity (Wildman–Crippen MR) is 54.2 cm³/mol. The molecule has 6 nitrogen and oxygen atoms in total. The van der Waals surface area contributed by atoms with Crippen molar-refractivity contribution in [2.45, 2.75) is 18.8 Å². The zero-order chi connectivity index (χ0) is 12.9. The van der Waals surface area contributed by atoms with E-state index in [2.05, 4.69) is 17.9 Å². The molecule has 0 aromatic rings. The summed E-state index contributed by atoms with van der Waals surface area (Å²) in [4.78, 5) is 22.4. The Morgan fingerprint density at radius 2 is 2.06 bits per heavy atom. The van der Waals surface area contributed by atoms with Crippen molar-refractivity contribution in [3.63, 3.8) is 0 Å². The van der Waals surface area contributed by atoms with Crippen LogP contribution in [0, 0.1) is 0 Å². The normalized spacial score (nSPS) is 15.8. The molecule has 0 saturated carbocycles. The lowest BCUT2D eigenvalue weighted by Crippen LogP contribution is -2.54. The number of rotatable bonds is 6. The first-order valence-electron chi connectivity index (χ1n) is 4.36. The summed E-state index contributed by atoms with van der Waals surface area (Å²) in [5.74, 6) is -5.04. The van der Waals surface area contributed by atoms with Crippen LogP contribution >= 0.6 is 0 Å². The summed E-state index contributed by atoms with van der Waals surface area (Å²) in [6, 6.07) is 0. The van der Waals surface area contributed by atoms with Crippen LogP contribution in [0.4, 0.5) is 0 Å². The molecule has 0 radical (unpaired) electrons. The topological polar surface area (TPSA) is 104 Å². The maximum atomic E-state index is 11.2. The SMILES string of the molecule is C=CC(=O)C(O)(OC(=O)C(=C)C)C(O)CO. The maximum absolute atomic E-state index is 11.2. The van der Waals surface area contributed by atoms with E-state index < -0.39 is 30.3 Å². The van der Waals surface area contributed by atoms with Crippen LogP contribution in [0.2, 0.25) is 0 Å². The van der Waals surface area contributed by atoms with Crippen molar-refractivity contribution >= 4 is 11.8 Å². The molecule has 0 spiro atoms. The summed E-state index contributed by atoms with van der Waals surface area (Å²) in [6.07, 6.45) is -1.29. The van der Waals surface area contributed by atoms with Gasteiger partial charge in [0.25, 0.3) is 0 Å². The van der Waals surface area contributed by atoms with Gasteiger partial charge in [0.15, 0.2) is 6.10 Å². The number of carbonyl (C=O) groups is 2. The molecule has 2 unspecified atom stereocenters. The Bertz CT molecular complexity index is 321. The molecule has 0 aliphatic heterocycles. The lowest BCUT2D eigenvalue weighted by Gasteiger charge is -2.28. The number of carbonyl (C=O) groups excluding carboxylic acids is 2. The van der Waals surface area contributed by atoms with Crippen LogP contribution in [0.3, 0.4) is 0 Å². The molecule has 0 fully saturated rings. The number of hydrogen-bond donors (Lipinski definition) is 3. The van der Waals surface area contributed by atoms with Gasteiger partial charge in [0.2, 0.25) is 5.78 Å². The van der Waals surface area contributed by atoms with E-state index in [1.807, 2.05) is 0 Å². The molecule has 0 aliphatic carbocycles. The number of aliphatic hydroxyl groups is 3. The van der Waals surface area contributed by atoms with Gasteiger partial charge in [-0.25, -0.2) is 4.79 Å². The Kier molecular flexibility index (Phi) is 5.03. The second kappa shape index (κ2) is 5.55. The molecule has 0 saturated heterocycles. The first-order valence-corrected chi connectivity index (χ1v) is 4.36. The number of ether oxygens (including phenoxy) is 1. The second-order valence-electron chi connectivity index (χ2n) is 3.13. The zero-order valence-corrected chi connectivity index (χ0v) is 8.84. The van der Waals surface area contributed by atoms with Crippen molar-refractivity contribution in [1.29, 1.82) is 0 Å². The van der Waals surface area contributed by atoms with E-state index in [4.69, 9.17) is 5.11 Å². The summed E-state index contributed by atoms with van der Waals surface area (Å²) >= 11 is 0. The van der Waals surface area contributed by atoms with Gasteiger partial charge in [0, 0.05) is 5.57 Å². The molecule has 0 aromatic heterocycles. The molecule has 0 heterocycles. The zero-order valence-electron chi connectivity index (χ0n) is 8.84. The summed E-state index contributed by atoms with van der Waals surface area (Å²) in [6.45, 7) is 6.66. The minimum absolute atomic E-state index is 0.0690. The van der Waals surface area contributed by atoms with Gasteiger partial charge in [-0.2, -0.15) is 0 Å². The van der Waals surface area contributed by atoms with Crippen LogP contribution in [0.15, 0.2) is 24.8 Å². The average Bonchev–Trinajstić information content (AvgIpc) is 2.25. The number of esters is 1. The Morgan fingerprint density at radius 1 is 1.56 bits per heavy atom. The molecule has 90 valence electrons. The standard InChI is InChI=1S/C10H14O6/c1-4-7(12)10(15,8(13)5-11)16-9(14)6(2)3/h4,8,11,13,15H,1-2,5H2,3H3. The van der Waals surface area contributed by atoms with Crippen LogP contribution in [-0.2, 0) is 14.3 Å². The monoisotopic (exact) mass is 230 g/mol. The van der Waals surface area contributed by atoms with Gasteiger partial charge in [-0.15, -0.1) is 0 Å². The summed E-state index contributed by atoms with van der Waals surface area (Å²) in [5, 5.41) is 27.5. The van der Waals surface area contributed by atoms with Crippen molar-refractivity contribution in [1.82, 2.24) is 0 Å². The molecule has 6 heteroatoms. The number of hydrogen-bond acceptors (Lipinski definition) is 6. The largest absolute Gasteiger partial charge is 0.419 e. The summed E-state index contributed by atoms with van der Waals surface area (Å²) < 4.78 is 4.39. The third-order valence-electron chi connectivity index (χ3n) is 1.76. The lowest BCUT2D eigenvalue weighted by molar-refractivity contribution is -0.238. The fourth-order valence-electron chi connectivity index (χ4n) is 0.781. The minimum atomic E-state index is -2.84. The van der Waals surface area contributed by atoms with E-state index in [0.717, 1.165) is 0 Å². The minimum Gasteiger partial charge on any atom is -0.419 e. The van der Waals surface area contributed by atoms with E-state index in [0.29, 0.717) is 6.08 Å². The maximum Gasteiger partial charge on any atom is 0.336 e. The molecular formula is C10H14O6. The van der Waals surface area contributed by atoms with Gasteiger partial charge < -0.3 is 20.1 Å². The van der Waals surface area contributed by atoms with E-state index in [1.165, 1.54) is 6.92 Å². The fourth-order valence-corrected chi connectivity index (χ4v) is 0.781. The highest BCUT2D eigenvalue weighted by Crippen LogP contribution is 2.17. The summed E-state index contributed by atoms with van der Waals surface area (Å²) in [7, 11) is 0. The molecule has 0 bridgehead atoms. The van der Waals surface area contributed by atoms with Gasteiger partial charge in [0.05, 0.1) is 6.61 Å². The highest BCUT2D eigenvalue weighted by molar-refractivity contribution is 5.98. The van der Waals surface area contributed by atoms with E-state index >= 15 is 0 Å². The van der Waals surface area contributed by atoms with Crippen molar-refractivity contribution < 1.29 is 29.6 Å². The van der Waals surface area contributed by atoms with Gasteiger partial charge in [0.1, 0.15) is 0 Å². The van der Waals surface area contributed by atoms with Crippen LogP contribution in [0.1, 0.15) is 6.92 Å². The van der Waals surface area contributed by atoms with Crippen molar-refractivity contribution in [2.75, 3.05) is 6.61 Å². The molecule has 0 rings (SSSR count). The van der Waals surface area contributed by atoms with Crippen LogP contribution in [0.25, 0.3) is 0 Å². The van der Waals surface area contributed by atoms with E-state index in [-0.39, 0.29) is 5.57 Å². The predicted octanol–water partition coefficient (Wildman–Crippen LogP) is -1.10. The Labute approximate surface area is 92.5 Å². The molecule has 0 aromatic carbocycles. The van der Waals surface area contributed by atoms with Crippen LogP contribution in [0.5, 0.6) is 0 Å². The van der Waals surface area contributed by atoms with E-state index in [1.54, 1.807) is 0 Å². The molecule has 0 amide bonds. The number of ketones is 1. The molecule has 16 heavy (non-hydrogen) atoms. The Balaban J connectivity index is 5.09. The first-order chi connectivity index (χ1) is 7.29.